The second kappa shape index (κ2) is 6.17. The van der Waals surface area contributed by atoms with E-state index in [-0.39, 0.29) is 18.7 Å². The fourth-order valence-corrected chi connectivity index (χ4v) is 3.96. The van der Waals surface area contributed by atoms with Gasteiger partial charge in [-0.25, -0.2) is 8.42 Å². The number of sulfone groups is 1. The molecule has 0 aromatic carbocycles. The average molecular weight is 277 g/mol. The molecule has 1 amide bonds. The van der Waals surface area contributed by atoms with Crippen molar-refractivity contribution in [2.75, 3.05) is 18.8 Å². The van der Waals surface area contributed by atoms with E-state index in [1.54, 1.807) is 6.92 Å². The lowest BCUT2D eigenvalue weighted by Gasteiger charge is -2.28. The van der Waals surface area contributed by atoms with Gasteiger partial charge in [0, 0.05) is 13.1 Å². The van der Waals surface area contributed by atoms with Crippen LogP contribution in [0.3, 0.4) is 0 Å². The van der Waals surface area contributed by atoms with Crippen molar-refractivity contribution in [2.24, 2.45) is 0 Å². The van der Waals surface area contributed by atoms with E-state index in [2.05, 4.69) is 0 Å². The van der Waals surface area contributed by atoms with Crippen LogP contribution in [-0.2, 0) is 19.4 Å². The van der Waals surface area contributed by atoms with Gasteiger partial charge in [-0.2, -0.15) is 0 Å². The Kier molecular flexibility index (Phi) is 5.13. The highest BCUT2D eigenvalue weighted by atomic mass is 32.2. The topological polar surface area (TPSA) is 91.8 Å². The van der Waals surface area contributed by atoms with Gasteiger partial charge in [-0.15, -0.1) is 0 Å². The number of amides is 1. The largest absolute Gasteiger partial charge is 0.481 e. The SMILES string of the molecule is CCN(CCC(=O)O)C(=O)C1CCCCS1(=O)=O. The Hall–Kier alpha value is -1.11. The number of hydrogen-bond acceptors (Lipinski definition) is 4. The average Bonchev–Trinajstić information content (AvgIpc) is 2.28. The molecular formula is C11H19NO5S. The molecule has 7 heteroatoms. The Morgan fingerprint density at radius 3 is 2.50 bits per heavy atom. The van der Waals surface area contributed by atoms with Crippen molar-refractivity contribution in [3.63, 3.8) is 0 Å². The summed E-state index contributed by atoms with van der Waals surface area (Å²) in [7, 11) is -3.36. The maximum atomic E-state index is 12.1. The Morgan fingerprint density at radius 1 is 1.33 bits per heavy atom. The third-order valence-electron chi connectivity index (χ3n) is 3.14. The molecule has 0 radical (unpaired) electrons. The smallest absolute Gasteiger partial charge is 0.305 e. The fourth-order valence-electron chi connectivity index (χ4n) is 2.09. The lowest BCUT2D eigenvalue weighted by Crippen LogP contribution is -2.45. The molecule has 1 fully saturated rings. The third kappa shape index (κ3) is 3.69. The van der Waals surface area contributed by atoms with Gasteiger partial charge in [0.05, 0.1) is 12.2 Å². The van der Waals surface area contributed by atoms with Crippen LogP contribution in [0.1, 0.15) is 32.6 Å². The van der Waals surface area contributed by atoms with Crippen molar-refractivity contribution in [3.8, 4) is 0 Å². The summed E-state index contributed by atoms with van der Waals surface area (Å²) in [6, 6.07) is 0. The molecule has 1 rings (SSSR count). The third-order valence-corrected chi connectivity index (χ3v) is 5.31. The molecule has 1 heterocycles. The molecule has 1 aliphatic rings. The molecule has 104 valence electrons. The first-order chi connectivity index (χ1) is 8.38. The molecule has 0 saturated carbocycles. The predicted octanol–water partition coefficient (Wildman–Crippen LogP) is 0.277. The summed E-state index contributed by atoms with van der Waals surface area (Å²) >= 11 is 0. The molecule has 0 aromatic heterocycles. The van der Waals surface area contributed by atoms with E-state index >= 15 is 0 Å². The quantitative estimate of drug-likeness (QED) is 0.779. The number of nitrogens with zero attached hydrogens (tertiary/aromatic N) is 1. The first-order valence-corrected chi connectivity index (χ1v) is 7.82. The summed E-state index contributed by atoms with van der Waals surface area (Å²) in [6.45, 7) is 2.12. The van der Waals surface area contributed by atoms with Crippen LogP contribution in [0.2, 0.25) is 0 Å². The molecule has 1 N–H and O–H groups in total. The van der Waals surface area contributed by atoms with Crippen LogP contribution in [0.25, 0.3) is 0 Å². The molecular weight excluding hydrogens is 258 g/mol. The first kappa shape index (κ1) is 14.9. The van der Waals surface area contributed by atoms with Gasteiger partial charge in [0.1, 0.15) is 5.25 Å². The fraction of sp³-hybridized carbons (Fsp3) is 0.818. The Morgan fingerprint density at radius 2 is 2.00 bits per heavy atom. The van der Waals surface area contributed by atoms with Crippen LogP contribution in [0.5, 0.6) is 0 Å². The zero-order chi connectivity index (χ0) is 13.8. The number of carbonyl (C=O) groups is 2. The molecule has 0 aliphatic carbocycles. The van der Waals surface area contributed by atoms with Gasteiger partial charge in [-0.1, -0.05) is 6.42 Å². The van der Waals surface area contributed by atoms with Crippen molar-refractivity contribution < 1.29 is 23.1 Å². The minimum Gasteiger partial charge on any atom is -0.481 e. The van der Waals surface area contributed by atoms with E-state index in [4.69, 9.17) is 5.11 Å². The Bertz CT molecular complexity index is 417. The van der Waals surface area contributed by atoms with Gasteiger partial charge in [0.15, 0.2) is 9.84 Å². The van der Waals surface area contributed by atoms with Crippen LogP contribution >= 0.6 is 0 Å². The highest BCUT2D eigenvalue weighted by molar-refractivity contribution is 7.92. The van der Waals surface area contributed by atoms with Gasteiger partial charge < -0.3 is 10.0 Å². The summed E-state index contributed by atoms with van der Waals surface area (Å²) in [6.07, 6.45) is 1.52. The highest BCUT2D eigenvalue weighted by Crippen LogP contribution is 2.21. The summed E-state index contributed by atoms with van der Waals surface area (Å²) in [5.41, 5.74) is 0. The van der Waals surface area contributed by atoms with E-state index in [0.29, 0.717) is 19.4 Å². The van der Waals surface area contributed by atoms with Crippen LogP contribution < -0.4 is 0 Å². The van der Waals surface area contributed by atoms with E-state index in [9.17, 15) is 18.0 Å². The lowest BCUT2D eigenvalue weighted by atomic mass is 10.1. The van der Waals surface area contributed by atoms with E-state index in [1.165, 1.54) is 4.90 Å². The predicted molar refractivity (Wildman–Crippen MR) is 65.9 cm³/mol. The zero-order valence-corrected chi connectivity index (χ0v) is 11.3. The van der Waals surface area contributed by atoms with E-state index in [1.807, 2.05) is 0 Å². The van der Waals surface area contributed by atoms with Crippen molar-refractivity contribution in [1.82, 2.24) is 4.90 Å². The molecule has 1 aliphatic heterocycles. The number of carboxylic acid groups (broad SMARTS) is 1. The van der Waals surface area contributed by atoms with Gasteiger partial charge >= 0.3 is 5.97 Å². The number of carboxylic acids is 1. The monoisotopic (exact) mass is 277 g/mol. The molecule has 1 saturated heterocycles. The highest BCUT2D eigenvalue weighted by Gasteiger charge is 2.36. The first-order valence-electron chi connectivity index (χ1n) is 6.10. The van der Waals surface area contributed by atoms with Crippen molar-refractivity contribution in [2.45, 2.75) is 37.9 Å². The molecule has 1 atom stereocenters. The van der Waals surface area contributed by atoms with Crippen LogP contribution in [0.4, 0.5) is 0 Å². The van der Waals surface area contributed by atoms with Gasteiger partial charge in [-0.3, -0.25) is 9.59 Å². The number of hydrogen-bond donors (Lipinski definition) is 1. The lowest BCUT2D eigenvalue weighted by molar-refractivity contribution is -0.138. The van der Waals surface area contributed by atoms with Gasteiger partial charge in [0.25, 0.3) is 0 Å². The molecule has 6 nitrogen and oxygen atoms in total. The minimum atomic E-state index is -3.36. The maximum absolute atomic E-state index is 12.1. The summed E-state index contributed by atoms with van der Waals surface area (Å²) in [5.74, 6) is -1.38. The Labute approximate surface area is 107 Å². The molecule has 0 spiro atoms. The number of rotatable bonds is 5. The summed E-state index contributed by atoms with van der Waals surface area (Å²) in [5, 5.41) is 7.62. The molecule has 0 aromatic rings. The van der Waals surface area contributed by atoms with Gasteiger partial charge in [-0.05, 0) is 19.8 Å². The molecule has 18 heavy (non-hydrogen) atoms. The minimum absolute atomic E-state index is 0.0554. The number of carbonyl (C=O) groups excluding carboxylic acids is 1. The van der Waals surface area contributed by atoms with Crippen molar-refractivity contribution in [1.29, 1.82) is 0 Å². The van der Waals surface area contributed by atoms with Crippen LogP contribution in [0.15, 0.2) is 0 Å². The normalized spacial score (nSPS) is 22.4. The van der Waals surface area contributed by atoms with Gasteiger partial charge in [0.2, 0.25) is 5.91 Å². The Balaban J connectivity index is 2.73. The van der Waals surface area contributed by atoms with E-state index in [0.717, 1.165) is 6.42 Å². The van der Waals surface area contributed by atoms with Crippen LogP contribution in [-0.4, -0.2) is 54.4 Å². The van der Waals surface area contributed by atoms with Crippen LogP contribution in [0, 0.1) is 0 Å². The number of aliphatic carboxylic acids is 1. The zero-order valence-electron chi connectivity index (χ0n) is 10.5. The standard InChI is InChI=1S/C11H19NO5S/c1-2-12(7-6-10(13)14)11(15)9-5-3-4-8-18(9,16)17/h9H,2-8H2,1H3,(H,13,14). The second-order valence-corrected chi connectivity index (χ2v) is 6.72. The summed E-state index contributed by atoms with van der Waals surface area (Å²) in [4.78, 5) is 23.9. The maximum Gasteiger partial charge on any atom is 0.305 e. The van der Waals surface area contributed by atoms with Crippen molar-refractivity contribution >= 4 is 21.7 Å². The van der Waals surface area contributed by atoms with Crippen molar-refractivity contribution in [3.05, 3.63) is 0 Å². The summed E-state index contributed by atoms with van der Waals surface area (Å²) < 4.78 is 23.6. The molecule has 0 bridgehead atoms. The van der Waals surface area contributed by atoms with E-state index < -0.39 is 27.0 Å². The second-order valence-electron chi connectivity index (χ2n) is 4.41. The molecule has 1 unspecified atom stereocenters.